The van der Waals surface area contributed by atoms with E-state index in [0.717, 1.165) is 36.0 Å². The van der Waals surface area contributed by atoms with Crippen molar-refractivity contribution in [2.24, 2.45) is 0 Å². The fourth-order valence-electron chi connectivity index (χ4n) is 3.16. The molecule has 6 nitrogen and oxygen atoms in total. The van der Waals surface area contributed by atoms with Crippen molar-refractivity contribution in [2.45, 2.75) is 18.8 Å². The molecule has 2 aliphatic rings. The topological polar surface area (TPSA) is 58.6 Å². The van der Waals surface area contributed by atoms with Crippen LogP contribution in [0.15, 0.2) is 36.5 Å². The summed E-state index contributed by atoms with van der Waals surface area (Å²) in [6.45, 7) is 4.26. The predicted octanol–water partition coefficient (Wildman–Crippen LogP) is 2.09. The van der Waals surface area contributed by atoms with E-state index in [1.165, 1.54) is 5.56 Å². The van der Waals surface area contributed by atoms with Gasteiger partial charge in [0, 0.05) is 37.1 Å². The highest BCUT2D eigenvalue weighted by Crippen LogP contribution is 2.24. The quantitative estimate of drug-likeness (QED) is 0.803. The van der Waals surface area contributed by atoms with E-state index in [1.807, 2.05) is 29.3 Å². The molecule has 0 aliphatic carbocycles. The zero-order chi connectivity index (χ0) is 17.8. The van der Waals surface area contributed by atoms with Crippen molar-refractivity contribution >= 4 is 23.6 Å². The minimum atomic E-state index is 0.164. The maximum atomic E-state index is 12.5. The van der Waals surface area contributed by atoms with E-state index in [0.29, 0.717) is 32.1 Å². The first kappa shape index (κ1) is 17.3. The predicted molar refractivity (Wildman–Crippen MR) is 102 cm³/mol. The van der Waals surface area contributed by atoms with E-state index in [9.17, 15) is 4.79 Å². The fraction of sp³-hybridized carbons (Fsp3) is 0.421. The van der Waals surface area contributed by atoms with Crippen molar-refractivity contribution in [1.29, 1.82) is 0 Å². The van der Waals surface area contributed by atoms with E-state index in [-0.39, 0.29) is 5.91 Å². The number of anilines is 1. The van der Waals surface area contributed by atoms with Gasteiger partial charge >= 0.3 is 0 Å². The molecule has 1 fully saturated rings. The van der Waals surface area contributed by atoms with E-state index in [4.69, 9.17) is 9.72 Å². The molecule has 0 radical (unpaired) electrons. The molecule has 4 rings (SSSR count). The van der Waals surface area contributed by atoms with Crippen molar-refractivity contribution < 1.29 is 9.53 Å². The Morgan fingerprint density at radius 2 is 1.96 bits per heavy atom. The molecule has 1 aromatic carbocycles. The van der Waals surface area contributed by atoms with Crippen molar-refractivity contribution in [3.05, 3.63) is 53.3 Å². The number of ether oxygens (including phenoxy) is 1. The highest BCUT2D eigenvalue weighted by molar-refractivity contribution is 7.99. The number of hydrogen-bond acceptors (Lipinski definition) is 6. The van der Waals surface area contributed by atoms with Crippen LogP contribution in [0.5, 0.6) is 0 Å². The van der Waals surface area contributed by atoms with E-state index in [1.54, 1.807) is 11.8 Å². The van der Waals surface area contributed by atoms with Gasteiger partial charge in [0.2, 0.25) is 11.9 Å². The second-order valence-corrected chi connectivity index (χ2v) is 7.46. The van der Waals surface area contributed by atoms with Gasteiger partial charge in [-0.25, -0.2) is 9.97 Å². The first-order chi connectivity index (χ1) is 12.8. The Morgan fingerprint density at radius 1 is 1.15 bits per heavy atom. The molecular weight excluding hydrogens is 348 g/mol. The minimum absolute atomic E-state index is 0.164. The lowest BCUT2D eigenvalue weighted by Crippen LogP contribution is -2.37. The third-order valence-electron chi connectivity index (χ3n) is 4.63. The van der Waals surface area contributed by atoms with E-state index >= 15 is 0 Å². The van der Waals surface area contributed by atoms with Crippen molar-refractivity contribution in [2.75, 3.05) is 37.0 Å². The van der Waals surface area contributed by atoms with Gasteiger partial charge in [-0.15, -0.1) is 11.8 Å². The summed E-state index contributed by atoms with van der Waals surface area (Å²) in [5.74, 6) is 2.26. The van der Waals surface area contributed by atoms with Gasteiger partial charge < -0.3 is 14.5 Å². The SMILES string of the molecule is O=C(CSCc1ccccc1)N1Cc2cnc(N3CCOCC3)nc2C1. The molecule has 0 spiro atoms. The molecule has 7 heteroatoms. The Hall–Kier alpha value is -2.12. The Morgan fingerprint density at radius 3 is 2.77 bits per heavy atom. The van der Waals surface area contributed by atoms with Crippen LogP contribution in [0.3, 0.4) is 0 Å². The molecule has 2 aliphatic heterocycles. The number of rotatable bonds is 5. The normalized spacial score (nSPS) is 16.6. The van der Waals surface area contributed by atoms with Crippen LogP contribution >= 0.6 is 11.8 Å². The average Bonchev–Trinajstić information content (AvgIpc) is 3.13. The Balaban J connectivity index is 1.32. The second kappa shape index (κ2) is 8.05. The zero-order valence-corrected chi connectivity index (χ0v) is 15.5. The number of hydrogen-bond donors (Lipinski definition) is 0. The van der Waals surface area contributed by atoms with Gasteiger partial charge in [0.1, 0.15) is 0 Å². The number of thioether (sulfide) groups is 1. The summed E-state index contributed by atoms with van der Waals surface area (Å²) in [4.78, 5) is 25.7. The number of carbonyl (C=O) groups is 1. The van der Waals surface area contributed by atoms with Crippen LogP contribution in [0.4, 0.5) is 5.95 Å². The van der Waals surface area contributed by atoms with Crippen LogP contribution in [0, 0.1) is 0 Å². The molecule has 1 amide bonds. The molecular formula is C19H22N4O2S. The molecule has 1 saturated heterocycles. The summed E-state index contributed by atoms with van der Waals surface area (Å²) < 4.78 is 5.38. The van der Waals surface area contributed by atoms with Gasteiger partial charge in [0.15, 0.2) is 0 Å². The first-order valence-electron chi connectivity index (χ1n) is 8.86. The van der Waals surface area contributed by atoms with Crippen molar-refractivity contribution in [3.8, 4) is 0 Å². The van der Waals surface area contributed by atoms with Gasteiger partial charge in [0.05, 0.1) is 31.2 Å². The van der Waals surface area contributed by atoms with Crippen LogP contribution in [0.2, 0.25) is 0 Å². The Labute approximate surface area is 157 Å². The van der Waals surface area contributed by atoms with Crippen LogP contribution < -0.4 is 4.90 Å². The number of carbonyl (C=O) groups excluding carboxylic acids is 1. The minimum Gasteiger partial charge on any atom is -0.378 e. The zero-order valence-electron chi connectivity index (χ0n) is 14.6. The maximum Gasteiger partial charge on any atom is 0.233 e. The number of aromatic nitrogens is 2. The number of benzene rings is 1. The molecule has 2 aromatic rings. The van der Waals surface area contributed by atoms with Gasteiger partial charge in [-0.05, 0) is 5.56 Å². The molecule has 136 valence electrons. The summed E-state index contributed by atoms with van der Waals surface area (Å²) in [6.07, 6.45) is 1.87. The number of amides is 1. The largest absolute Gasteiger partial charge is 0.378 e. The highest BCUT2D eigenvalue weighted by Gasteiger charge is 2.26. The Kier molecular flexibility index (Phi) is 5.36. The standard InChI is InChI=1S/C19H22N4O2S/c24-18(14-26-13-15-4-2-1-3-5-15)23-11-16-10-20-19(21-17(16)12-23)22-6-8-25-9-7-22/h1-5,10H,6-9,11-14H2. The number of nitrogens with zero attached hydrogens (tertiary/aromatic N) is 4. The lowest BCUT2D eigenvalue weighted by molar-refractivity contribution is -0.128. The summed E-state index contributed by atoms with van der Waals surface area (Å²) in [5, 5.41) is 0. The number of fused-ring (bicyclic) bond motifs is 1. The summed E-state index contributed by atoms with van der Waals surface area (Å²) in [7, 11) is 0. The lowest BCUT2D eigenvalue weighted by atomic mass is 10.2. The smallest absolute Gasteiger partial charge is 0.233 e. The van der Waals surface area contributed by atoms with E-state index < -0.39 is 0 Å². The van der Waals surface area contributed by atoms with Crippen LogP contribution in [0.1, 0.15) is 16.8 Å². The number of morpholine rings is 1. The van der Waals surface area contributed by atoms with Gasteiger partial charge in [-0.2, -0.15) is 0 Å². The molecule has 0 unspecified atom stereocenters. The maximum absolute atomic E-state index is 12.5. The molecule has 0 N–H and O–H groups in total. The third kappa shape index (κ3) is 3.99. The molecule has 1 aromatic heterocycles. The third-order valence-corrected chi connectivity index (χ3v) is 5.62. The summed E-state index contributed by atoms with van der Waals surface area (Å²) >= 11 is 1.66. The molecule has 0 bridgehead atoms. The second-order valence-electron chi connectivity index (χ2n) is 6.47. The van der Waals surface area contributed by atoms with Crippen molar-refractivity contribution in [3.63, 3.8) is 0 Å². The van der Waals surface area contributed by atoms with Gasteiger partial charge in [-0.3, -0.25) is 4.79 Å². The fourth-order valence-corrected chi connectivity index (χ4v) is 4.04. The van der Waals surface area contributed by atoms with Crippen LogP contribution in [-0.4, -0.2) is 52.8 Å². The molecule has 3 heterocycles. The summed E-state index contributed by atoms with van der Waals surface area (Å²) in [6, 6.07) is 10.2. The van der Waals surface area contributed by atoms with Gasteiger partial charge in [-0.1, -0.05) is 30.3 Å². The van der Waals surface area contributed by atoms with E-state index in [2.05, 4.69) is 22.0 Å². The monoisotopic (exact) mass is 370 g/mol. The first-order valence-corrected chi connectivity index (χ1v) is 10.0. The average molecular weight is 370 g/mol. The van der Waals surface area contributed by atoms with Crippen molar-refractivity contribution in [1.82, 2.24) is 14.9 Å². The molecule has 0 atom stereocenters. The van der Waals surface area contributed by atoms with Gasteiger partial charge in [0.25, 0.3) is 0 Å². The van der Waals surface area contributed by atoms with Crippen LogP contribution in [-0.2, 0) is 28.4 Å². The molecule has 26 heavy (non-hydrogen) atoms. The highest BCUT2D eigenvalue weighted by atomic mass is 32.2. The van der Waals surface area contributed by atoms with Crippen LogP contribution in [0.25, 0.3) is 0 Å². The lowest BCUT2D eigenvalue weighted by Gasteiger charge is -2.26. The Bertz CT molecular complexity index is 765. The summed E-state index contributed by atoms with van der Waals surface area (Å²) in [5.41, 5.74) is 3.28. The molecule has 0 saturated carbocycles.